The number of hydrogen-bond donors (Lipinski definition) is 2. The molecule has 34 heavy (non-hydrogen) atoms. The van der Waals surface area contributed by atoms with E-state index in [-0.39, 0.29) is 31.2 Å². The van der Waals surface area contributed by atoms with Crippen LogP contribution in [0, 0.1) is 5.82 Å². The molecule has 10 nitrogen and oxygen atoms in total. The number of aromatic nitrogens is 2. The number of hydrogen-bond acceptors (Lipinski definition) is 7. The second-order valence-corrected chi connectivity index (χ2v) is 8.87. The number of amides is 2. The Hall–Kier alpha value is -3.31. The molecule has 3 heterocycles. The van der Waals surface area contributed by atoms with Crippen molar-refractivity contribution < 1.29 is 23.8 Å². The molecule has 0 unspecified atom stereocenters. The molecule has 2 aliphatic rings. The van der Waals surface area contributed by atoms with Gasteiger partial charge in [-0.3, -0.25) is 23.9 Å². The first-order valence-electron chi connectivity index (χ1n) is 11.2. The molecular weight excluding hydrogens is 445 g/mol. The highest BCUT2D eigenvalue weighted by molar-refractivity contribution is 5.94. The van der Waals surface area contributed by atoms with Crippen molar-refractivity contribution in [2.24, 2.45) is 0 Å². The van der Waals surface area contributed by atoms with Crippen LogP contribution < -0.4 is 10.9 Å². The van der Waals surface area contributed by atoms with Crippen molar-refractivity contribution in [1.29, 1.82) is 0 Å². The Labute approximate surface area is 195 Å². The standard InChI is InChI=1S/C23H28FN5O5/c1-23(2)22-26-18(20(32)25-13-15-3-5-16(24)6-4-15)19(31)21(33)29(22)8-7-28(23)14-17(30)27-9-11-34-12-10-27/h3-6,31H,7-14H2,1-2H3,(H,25,32). The summed E-state index contributed by atoms with van der Waals surface area (Å²) in [4.78, 5) is 46.5. The predicted molar refractivity (Wildman–Crippen MR) is 120 cm³/mol. The molecule has 4 rings (SSSR count). The van der Waals surface area contributed by atoms with Gasteiger partial charge in [0.05, 0.1) is 25.3 Å². The van der Waals surface area contributed by atoms with E-state index in [1.165, 1.54) is 28.8 Å². The van der Waals surface area contributed by atoms with E-state index in [1.807, 2.05) is 18.7 Å². The van der Waals surface area contributed by atoms with Gasteiger partial charge in [0, 0.05) is 32.7 Å². The van der Waals surface area contributed by atoms with Crippen LogP contribution in [-0.4, -0.2) is 75.7 Å². The minimum atomic E-state index is -0.848. The fraction of sp³-hybridized carbons (Fsp3) is 0.478. The molecule has 1 saturated heterocycles. The highest BCUT2D eigenvalue weighted by Gasteiger charge is 2.40. The van der Waals surface area contributed by atoms with Crippen molar-refractivity contribution >= 4 is 11.8 Å². The number of halogens is 1. The summed E-state index contributed by atoms with van der Waals surface area (Å²) in [5, 5.41) is 13.0. The molecule has 1 aromatic heterocycles. The Morgan fingerprint density at radius 2 is 1.82 bits per heavy atom. The van der Waals surface area contributed by atoms with Crippen LogP contribution >= 0.6 is 0 Å². The zero-order chi connectivity index (χ0) is 24.5. The van der Waals surface area contributed by atoms with Crippen molar-refractivity contribution in [2.45, 2.75) is 32.5 Å². The van der Waals surface area contributed by atoms with Gasteiger partial charge in [0.1, 0.15) is 11.6 Å². The van der Waals surface area contributed by atoms with Gasteiger partial charge in [-0.05, 0) is 31.5 Å². The zero-order valence-electron chi connectivity index (χ0n) is 19.2. The summed E-state index contributed by atoms with van der Waals surface area (Å²) in [6.45, 7) is 6.58. The molecule has 1 aromatic carbocycles. The molecule has 2 aromatic rings. The van der Waals surface area contributed by atoms with Gasteiger partial charge in [-0.15, -0.1) is 0 Å². The van der Waals surface area contributed by atoms with Gasteiger partial charge < -0.3 is 20.1 Å². The molecule has 0 bridgehead atoms. The molecule has 0 aliphatic carbocycles. The third-order valence-corrected chi connectivity index (χ3v) is 6.35. The van der Waals surface area contributed by atoms with Gasteiger partial charge in [0.15, 0.2) is 5.69 Å². The average molecular weight is 474 g/mol. The van der Waals surface area contributed by atoms with Crippen LogP contribution in [0.3, 0.4) is 0 Å². The lowest BCUT2D eigenvalue weighted by molar-refractivity contribution is -0.138. The van der Waals surface area contributed by atoms with E-state index in [1.54, 1.807) is 4.90 Å². The lowest BCUT2D eigenvalue weighted by Gasteiger charge is -2.43. The van der Waals surface area contributed by atoms with Gasteiger partial charge in [0.2, 0.25) is 11.7 Å². The van der Waals surface area contributed by atoms with Crippen LogP contribution in [-0.2, 0) is 28.2 Å². The first-order valence-corrected chi connectivity index (χ1v) is 11.2. The monoisotopic (exact) mass is 473 g/mol. The maximum absolute atomic E-state index is 13.1. The van der Waals surface area contributed by atoms with Crippen LogP contribution in [0.4, 0.5) is 4.39 Å². The summed E-state index contributed by atoms with van der Waals surface area (Å²) in [6.07, 6.45) is 0. The SMILES string of the molecule is CC1(C)c2nc(C(=O)NCc3ccc(F)cc3)c(O)c(=O)n2CCN1CC(=O)N1CCOCC1. The number of fused-ring (bicyclic) bond motifs is 1. The first kappa shape index (κ1) is 23.8. The molecule has 2 N–H and O–H groups in total. The molecule has 2 amide bonds. The third kappa shape index (κ3) is 4.66. The number of carbonyl (C=O) groups is 2. The summed E-state index contributed by atoms with van der Waals surface area (Å²) in [5.41, 5.74) is -1.28. The number of nitrogens with one attached hydrogen (secondary N) is 1. The normalized spacial score (nSPS) is 17.8. The fourth-order valence-corrected chi connectivity index (χ4v) is 4.24. The first-order chi connectivity index (χ1) is 16.2. The largest absolute Gasteiger partial charge is 0.501 e. The lowest BCUT2D eigenvalue weighted by Crippen LogP contribution is -2.56. The second kappa shape index (κ2) is 9.51. The molecule has 0 radical (unpaired) electrons. The highest BCUT2D eigenvalue weighted by atomic mass is 19.1. The van der Waals surface area contributed by atoms with Crippen LogP contribution in [0.15, 0.2) is 29.1 Å². The number of aromatic hydroxyl groups is 1. The van der Waals surface area contributed by atoms with Crippen LogP contribution in [0.5, 0.6) is 5.75 Å². The van der Waals surface area contributed by atoms with Crippen LogP contribution in [0.2, 0.25) is 0 Å². The molecule has 1 fully saturated rings. The maximum Gasteiger partial charge on any atom is 0.296 e. The molecular formula is C23H28FN5O5. The summed E-state index contributed by atoms with van der Waals surface area (Å²) >= 11 is 0. The number of nitrogens with zero attached hydrogens (tertiary/aromatic N) is 4. The van der Waals surface area contributed by atoms with Gasteiger partial charge in [-0.2, -0.15) is 0 Å². The minimum Gasteiger partial charge on any atom is -0.501 e. The van der Waals surface area contributed by atoms with Crippen molar-refractivity contribution in [3.63, 3.8) is 0 Å². The van der Waals surface area contributed by atoms with Gasteiger partial charge >= 0.3 is 0 Å². The molecule has 0 atom stereocenters. The summed E-state index contributed by atoms with van der Waals surface area (Å²) in [6, 6.07) is 5.60. The topological polar surface area (TPSA) is 117 Å². The summed E-state index contributed by atoms with van der Waals surface area (Å²) in [5.74, 6) is -1.59. The fourth-order valence-electron chi connectivity index (χ4n) is 4.24. The van der Waals surface area contributed by atoms with Crippen molar-refractivity contribution in [2.75, 3.05) is 39.4 Å². The molecule has 0 saturated carbocycles. The quantitative estimate of drug-likeness (QED) is 0.647. The predicted octanol–water partition coefficient (Wildman–Crippen LogP) is 0.428. The number of morpholine rings is 1. The van der Waals surface area contributed by atoms with Gasteiger partial charge in [-0.25, -0.2) is 9.37 Å². The number of ether oxygens (including phenoxy) is 1. The van der Waals surface area contributed by atoms with Gasteiger partial charge in [-0.1, -0.05) is 12.1 Å². The molecule has 2 aliphatic heterocycles. The maximum atomic E-state index is 13.1. The van der Waals surface area contributed by atoms with Crippen molar-refractivity contribution in [1.82, 2.24) is 24.7 Å². The molecule has 11 heteroatoms. The Bertz CT molecular complexity index is 1140. The summed E-state index contributed by atoms with van der Waals surface area (Å²) < 4.78 is 19.8. The zero-order valence-corrected chi connectivity index (χ0v) is 19.2. The average Bonchev–Trinajstić information content (AvgIpc) is 2.83. The van der Waals surface area contributed by atoms with Crippen molar-refractivity contribution in [3.8, 4) is 5.75 Å². The number of benzene rings is 1. The molecule has 0 spiro atoms. The van der Waals surface area contributed by atoms with Crippen molar-refractivity contribution in [3.05, 3.63) is 57.5 Å². The van der Waals surface area contributed by atoms with E-state index >= 15 is 0 Å². The summed E-state index contributed by atoms with van der Waals surface area (Å²) in [7, 11) is 0. The molecule has 182 valence electrons. The Morgan fingerprint density at radius 1 is 1.15 bits per heavy atom. The Morgan fingerprint density at radius 3 is 2.50 bits per heavy atom. The smallest absolute Gasteiger partial charge is 0.296 e. The second-order valence-electron chi connectivity index (χ2n) is 8.87. The Kier molecular flexibility index (Phi) is 6.67. The van der Waals surface area contributed by atoms with Gasteiger partial charge in [0.25, 0.3) is 11.5 Å². The van der Waals surface area contributed by atoms with E-state index < -0.39 is 28.6 Å². The minimum absolute atomic E-state index is 0.0387. The number of carbonyl (C=O) groups excluding carboxylic acids is 2. The van der Waals surface area contributed by atoms with E-state index in [4.69, 9.17) is 4.74 Å². The lowest BCUT2D eigenvalue weighted by atomic mass is 9.98. The van der Waals surface area contributed by atoms with Crippen LogP contribution in [0.1, 0.15) is 35.7 Å². The Balaban J connectivity index is 1.56. The van der Waals surface area contributed by atoms with E-state index in [0.717, 1.165) is 0 Å². The van der Waals surface area contributed by atoms with E-state index in [9.17, 15) is 23.9 Å². The number of rotatable bonds is 5. The highest BCUT2D eigenvalue weighted by Crippen LogP contribution is 2.30. The third-order valence-electron chi connectivity index (χ3n) is 6.35. The van der Waals surface area contributed by atoms with Crippen LogP contribution in [0.25, 0.3) is 0 Å². The van der Waals surface area contributed by atoms with E-state index in [0.29, 0.717) is 44.2 Å². The van der Waals surface area contributed by atoms with E-state index in [2.05, 4.69) is 10.3 Å².